The zero-order valence-corrected chi connectivity index (χ0v) is 21.4. The van der Waals surface area contributed by atoms with Crippen molar-refractivity contribution < 1.29 is 0 Å². The Morgan fingerprint density at radius 1 is 0.483 bits per heavy atom. The molecule has 0 aliphatic heterocycles. The Balaban J connectivity index is 3.84. The van der Waals surface area contributed by atoms with Crippen molar-refractivity contribution in [3.05, 3.63) is 0 Å². The number of rotatable bonds is 23. The molecule has 0 aliphatic carbocycles. The highest BCUT2D eigenvalue weighted by molar-refractivity contribution is 4.65. The lowest BCUT2D eigenvalue weighted by Crippen LogP contribution is -2.24. The molecule has 0 rings (SSSR count). The summed E-state index contributed by atoms with van der Waals surface area (Å²) in [6, 6.07) is 0. The van der Waals surface area contributed by atoms with Gasteiger partial charge in [-0.2, -0.15) is 0 Å². The molecule has 29 heavy (non-hydrogen) atoms. The zero-order chi connectivity index (χ0) is 21.6. The number of hydrogen-bond acceptors (Lipinski definition) is 1. The van der Waals surface area contributed by atoms with Gasteiger partial charge < -0.3 is 5.32 Å². The third kappa shape index (κ3) is 24.1. The maximum Gasteiger partial charge on any atom is -0.00205 e. The first-order valence-corrected chi connectivity index (χ1v) is 13.8. The van der Waals surface area contributed by atoms with Crippen LogP contribution in [-0.4, -0.2) is 13.1 Å². The summed E-state index contributed by atoms with van der Waals surface area (Å²) in [5.41, 5.74) is 0. The van der Waals surface area contributed by atoms with Gasteiger partial charge in [0.15, 0.2) is 0 Å². The summed E-state index contributed by atoms with van der Waals surface area (Å²) in [6.45, 7) is 14.2. The Morgan fingerprint density at radius 2 is 0.897 bits per heavy atom. The van der Waals surface area contributed by atoms with Crippen LogP contribution in [0.4, 0.5) is 0 Å². The molecule has 1 nitrogen and oxygen atoms in total. The van der Waals surface area contributed by atoms with Crippen molar-refractivity contribution in [1.29, 1.82) is 0 Å². The average molecular weight is 410 g/mol. The Morgan fingerprint density at radius 3 is 1.41 bits per heavy atom. The molecular formula is C28H59N. The van der Waals surface area contributed by atoms with Crippen LogP contribution in [0.3, 0.4) is 0 Å². The zero-order valence-electron chi connectivity index (χ0n) is 21.4. The Bertz CT molecular complexity index is 297. The van der Waals surface area contributed by atoms with Gasteiger partial charge in [0.1, 0.15) is 0 Å². The minimum Gasteiger partial charge on any atom is -0.316 e. The first-order valence-electron chi connectivity index (χ1n) is 13.8. The van der Waals surface area contributed by atoms with Crippen LogP contribution in [-0.2, 0) is 0 Å². The van der Waals surface area contributed by atoms with E-state index in [1.165, 1.54) is 129 Å². The third-order valence-corrected chi connectivity index (χ3v) is 6.43. The van der Waals surface area contributed by atoms with Crippen LogP contribution in [0.25, 0.3) is 0 Å². The van der Waals surface area contributed by atoms with Crippen LogP contribution in [0.5, 0.6) is 0 Å². The summed E-state index contributed by atoms with van der Waals surface area (Å²) in [6.07, 6.45) is 25.8. The van der Waals surface area contributed by atoms with Gasteiger partial charge in [-0.15, -0.1) is 0 Å². The summed E-state index contributed by atoms with van der Waals surface area (Å²) < 4.78 is 0. The molecule has 1 heteroatoms. The summed E-state index contributed by atoms with van der Waals surface area (Å²) in [5, 5.41) is 3.81. The van der Waals surface area contributed by atoms with Crippen LogP contribution in [0.2, 0.25) is 0 Å². The van der Waals surface area contributed by atoms with Gasteiger partial charge in [0.25, 0.3) is 0 Å². The smallest absolute Gasteiger partial charge is 0.00205 e. The molecule has 0 spiro atoms. The van der Waals surface area contributed by atoms with E-state index in [4.69, 9.17) is 0 Å². The van der Waals surface area contributed by atoms with E-state index >= 15 is 0 Å². The first kappa shape index (κ1) is 29.0. The van der Waals surface area contributed by atoms with Gasteiger partial charge in [0, 0.05) is 0 Å². The molecule has 1 N–H and O–H groups in total. The summed E-state index contributed by atoms with van der Waals surface area (Å²) in [4.78, 5) is 0. The van der Waals surface area contributed by atoms with Crippen molar-refractivity contribution in [2.45, 2.75) is 150 Å². The highest BCUT2D eigenvalue weighted by Crippen LogP contribution is 2.19. The van der Waals surface area contributed by atoms with Crippen molar-refractivity contribution in [1.82, 2.24) is 5.32 Å². The van der Waals surface area contributed by atoms with Gasteiger partial charge in [-0.3, -0.25) is 0 Å². The van der Waals surface area contributed by atoms with Gasteiger partial charge in [-0.05, 0) is 50.1 Å². The fourth-order valence-corrected chi connectivity index (χ4v) is 4.36. The number of hydrogen-bond donors (Lipinski definition) is 1. The van der Waals surface area contributed by atoms with Gasteiger partial charge in [0.05, 0.1) is 0 Å². The van der Waals surface area contributed by atoms with Crippen molar-refractivity contribution in [2.24, 2.45) is 17.8 Å². The van der Waals surface area contributed by atoms with Crippen LogP contribution in [0, 0.1) is 17.8 Å². The largest absolute Gasteiger partial charge is 0.316 e. The first-order chi connectivity index (χ1) is 14.1. The van der Waals surface area contributed by atoms with E-state index in [-0.39, 0.29) is 0 Å². The van der Waals surface area contributed by atoms with Crippen LogP contribution in [0.1, 0.15) is 150 Å². The van der Waals surface area contributed by atoms with E-state index in [1.54, 1.807) is 0 Å². The molecule has 0 aromatic rings. The number of nitrogens with one attached hydrogen (secondary N) is 1. The van der Waals surface area contributed by atoms with E-state index in [0.717, 1.165) is 17.8 Å². The Kier molecular flexibility index (Phi) is 22.6. The summed E-state index contributed by atoms with van der Waals surface area (Å²) >= 11 is 0. The topological polar surface area (TPSA) is 12.0 Å². The molecule has 0 saturated carbocycles. The molecule has 0 saturated heterocycles. The van der Waals surface area contributed by atoms with Crippen molar-refractivity contribution in [3.8, 4) is 0 Å². The van der Waals surface area contributed by atoms with E-state index in [2.05, 4.69) is 39.9 Å². The third-order valence-electron chi connectivity index (χ3n) is 6.43. The fraction of sp³-hybridized carbons (Fsp3) is 1.00. The van der Waals surface area contributed by atoms with Gasteiger partial charge >= 0.3 is 0 Å². The van der Waals surface area contributed by atoms with E-state index in [9.17, 15) is 0 Å². The predicted octanol–water partition coefficient (Wildman–Crippen LogP) is 9.55. The highest BCUT2D eigenvalue weighted by Gasteiger charge is 2.08. The summed E-state index contributed by atoms with van der Waals surface area (Å²) in [5.74, 6) is 2.68. The van der Waals surface area contributed by atoms with Gasteiger partial charge in [-0.1, -0.05) is 131 Å². The molecule has 0 aliphatic rings. The molecule has 1 unspecified atom stereocenters. The fourth-order valence-electron chi connectivity index (χ4n) is 4.36. The molecular weight excluding hydrogens is 350 g/mol. The molecule has 0 heterocycles. The molecule has 1 atom stereocenters. The minimum atomic E-state index is 0.875. The van der Waals surface area contributed by atoms with Gasteiger partial charge in [-0.25, -0.2) is 0 Å². The lowest BCUT2D eigenvalue weighted by Gasteiger charge is -2.18. The molecule has 0 radical (unpaired) electrons. The Hall–Kier alpha value is -0.0400. The van der Waals surface area contributed by atoms with E-state index in [0.29, 0.717) is 0 Å². The molecule has 0 aromatic carbocycles. The SMILES string of the molecule is CCCCCCCCNCC(CCCCCCCC(C)C)CCCCCC(C)C. The molecule has 0 fully saturated rings. The van der Waals surface area contributed by atoms with Crippen molar-refractivity contribution in [3.63, 3.8) is 0 Å². The maximum absolute atomic E-state index is 3.81. The molecule has 0 amide bonds. The summed E-state index contributed by atoms with van der Waals surface area (Å²) in [7, 11) is 0. The second kappa shape index (κ2) is 22.6. The normalized spacial score (nSPS) is 12.9. The van der Waals surface area contributed by atoms with Crippen LogP contribution < -0.4 is 5.32 Å². The lowest BCUT2D eigenvalue weighted by molar-refractivity contribution is 0.376. The van der Waals surface area contributed by atoms with E-state index < -0.39 is 0 Å². The van der Waals surface area contributed by atoms with Crippen molar-refractivity contribution >= 4 is 0 Å². The maximum atomic E-state index is 3.81. The monoisotopic (exact) mass is 409 g/mol. The molecule has 176 valence electrons. The molecule has 0 aromatic heterocycles. The van der Waals surface area contributed by atoms with E-state index in [1.807, 2.05) is 0 Å². The second-order valence-electron chi connectivity index (χ2n) is 10.6. The minimum absolute atomic E-state index is 0.875. The van der Waals surface area contributed by atoms with Crippen LogP contribution in [0.15, 0.2) is 0 Å². The quantitative estimate of drug-likeness (QED) is 0.166. The average Bonchev–Trinajstić information content (AvgIpc) is 2.67. The van der Waals surface area contributed by atoms with Gasteiger partial charge in [0.2, 0.25) is 0 Å². The second-order valence-corrected chi connectivity index (χ2v) is 10.6. The van der Waals surface area contributed by atoms with Crippen molar-refractivity contribution in [2.75, 3.05) is 13.1 Å². The lowest BCUT2D eigenvalue weighted by atomic mass is 9.93. The predicted molar refractivity (Wildman–Crippen MR) is 135 cm³/mol. The van der Waals surface area contributed by atoms with Crippen LogP contribution >= 0.6 is 0 Å². The molecule has 0 bridgehead atoms. The number of unbranched alkanes of at least 4 members (excludes halogenated alkanes) is 11. The standard InChI is InChI=1S/C28H59N/c1-6-7-8-9-13-19-24-29-25-28(23-18-14-16-21-27(4)5)22-17-12-10-11-15-20-26(2)3/h26-29H,6-25H2,1-5H3. The Labute approximate surface area is 186 Å². The highest BCUT2D eigenvalue weighted by atomic mass is 14.8.